The molecule has 0 radical (unpaired) electrons. The molecule has 2 saturated heterocycles. The second-order valence-electron chi connectivity index (χ2n) is 10.6. The van der Waals surface area contributed by atoms with Crippen LogP contribution in [-0.2, 0) is 16.2 Å². The lowest BCUT2D eigenvalue weighted by molar-refractivity contribution is -0.137. The molecule has 44 heavy (non-hydrogen) atoms. The number of rotatable bonds is 6. The van der Waals surface area contributed by atoms with Crippen LogP contribution in [0.3, 0.4) is 0 Å². The number of hydrogen-bond donors (Lipinski definition) is 2. The number of halogens is 4. The third-order valence-electron chi connectivity index (χ3n) is 7.60. The van der Waals surface area contributed by atoms with E-state index in [1.165, 1.54) is 47.4 Å². The Morgan fingerprint density at radius 1 is 0.773 bits per heavy atom. The van der Waals surface area contributed by atoms with E-state index >= 15 is 0 Å². The zero-order valence-electron chi connectivity index (χ0n) is 23.6. The molecule has 0 aromatic heterocycles. The van der Waals surface area contributed by atoms with Gasteiger partial charge in [-0.05, 0) is 79.9 Å². The Labute approximate surface area is 258 Å². The molecule has 3 aromatic rings. The number of benzene rings is 3. The summed E-state index contributed by atoms with van der Waals surface area (Å²) in [5, 5.41) is 2.93. The molecule has 5 rings (SSSR count). The first-order valence-electron chi connectivity index (χ1n) is 14.1. The minimum atomic E-state index is -4.53. The van der Waals surface area contributed by atoms with Crippen LogP contribution in [0.2, 0.25) is 5.02 Å². The van der Waals surface area contributed by atoms with Crippen molar-refractivity contribution in [2.24, 2.45) is 0 Å². The third kappa shape index (κ3) is 7.39. The molecule has 2 N–H and O–H groups in total. The minimum absolute atomic E-state index is 0.0226. The van der Waals surface area contributed by atoms with Gasteiger partial charge in [-0.15, -0.1) is 0 Å². The van der Waals surface area contributed by atoms with E-state index < -0.39 is 27.8 Å². The van der Waals surface area contributed by atoms with E-state index in [9.17, 15) is 31.2 Å². The number of piperazine rings is 1. The first-order chi connectivity index (χ1) is 20.9. The monoisotopic (exact) mass is 649 g/mol. The van der Waals surface area contributed by atoms with Crippen molar-refractivity contribution in [2.75, 3.05) is 54.2 Å². The predicted octanol–water partition coefficient (Wildman–Crippen LogP) is 6.14. The number of urea groups is 1. The number of piperidine rings is 1. The Morgan fingerprint density at radius 2 is 1.45 bits per heavy atom. The van der Waals surface area contributed by atoms with Crippen LogP contribution >= 0.6 is 11.6 Å². The Hall–Kier alpha value is -3.97. The highest BCUT2D eigenvalue weighted by Gasteiger charge is 2.31. The number of likely N-dealkylation sites (tertiary alicyclic amines) is 1. The highest BCUT2D eigenvalue weighted by Crippen LogP contribution is 2.32. The van der Waals surface area contributed by atoms with Crippen molar-refractivity contribution in [3.05, 3.63) is 82.9 Å². The number of sulfonamides is 1. The van der Waals surface area contributed by atoms with Crippen molar-refractivity contribution < 1.29 is 31.2 Å². The first-order valence-corrected chi connectivity index (χ1v) is 16.0. The lowest BCUT2D eigenvalue weighted by Crippen LogP contribution is -2.50. The highest BCUT2D eigenvalue weighted by molar-refractivity contribution is 7.92. The molecule has 14 heteroatoms. The largest absolute Gasteiger partial charge is 0.416 e. The molecule has 0 unspecified atom stereocenters. The number of nitrogens with zero attached hydrogens (tertiary/aromatic N) is 3. The molecule has 234 valence electrons. The van der Waals surface area contributed by atoms with E-state index in [0.717, 1.165) is 31.4 Å². The fourth-order valence-electron chi connectivity index (χ4n) is 5.27. The maximum absolute atomic E-state index is 13.7. The molecule has 3 aromatic carbocycles. The summed E-state index contributed by atoms with van der Waals surface area (Å²) in [6.45, 7) is 2.42. The molecule has 0 bridgehead atoms. The molecule has 9 nitrogen and oxygen atoms in total. The van der Waals surface area contributed by atoms with Crippen LogP contribution in [0, 0.1) is 0 Å². The Bertz CT molecular complexity index is 1620. The van der Waals surface area contributed by atoms with Gasteiger partial charge in [-0.2, -0.15) is 13.2 Å². The fourth-order valence-corrected chi connectivity index (χ4v) is 6.44. The van der Waals surface area contributed by atoms with Crippen molar-refractivity contribution in [1.82, 2.24) is 9.80 Å². The number of nitrogens with one attached hydrogen (secondary N) is 2. The molecular weight excluding hydrogens is 619 g/mol. The summed E-state index contributed by atoms with van der Waals surface area (Å²) in [5.41, 5.74) is 0.351. The second kappa shape index (κ2) is 12.9. The zero-order valence-corrected chi connectivity index (χ0v) is 25.2. The van der Waals surface area contributed by atoms with Gasteiger partial charge in [0.25, 0.3) is 15.9 Å². The topological polar surface area (TPSA) is 102 Å². The number of anilines is 3. The van der Waals surface area contributed by atoms with E-state index in [-0.39, 0.29) is 35.3 Å². The predicted molar refractivity (Wildman–Crippen MR) is 163 cm³/mol. The summed E-state index contributed by atoms with van der Waals surface area (Å²) >= 11 is 5.90. The highest BCUT2D eigenvalue weighted by atomic mass is 35.5. The van der Waals surface area contributed by atoms with E-state index in [1.807, 2.05) is 4.90 Å². The van der Waals surface area contributed by atoms with Gasteiger partial charge in [0.05, 0.1) is 16.0 Å². The summed E-state index contributed by atoms with van der Waals surface area (Å²) in [6.07, 6.45) is -1.74. The summed E-state index contributed by atoms with van der Waals surface area (Å²) in [5.74, 6) is -0.211. The molecular formula is C30H31ClF3N5O4S. The number of amides is 3. The Balaban J connectivity index is 1.32. The van der Waals surface area contributed by atoms with Crippen LogP contribution in [0.4, 0.5) is 35.0 Å². The Morgan fingerprint density at radius 3 is 2.11 bits per heavy atom. The quantitative estimate of drug-likeness (QED) is 0.334. The first kappa shape index (κ1) is 31.5. The summed E-state index contributed by atoms with van der Waals surface area (Å²) in [7, 11) is -3.95. The molecule has 0 spiro atoms. The molecule has 0 aliphatic carbocycles. The van der Waals surface area contributed by atoms with Crippen molar-refractivity contribution in [2.45, 2.75) is 30.3 Å². The van der Waals surface area contributed by atoms with Crippen molar-refractivity contribution in [3.8, 4) is 0 Å². The van der Waals surface area contributed by atoms with Gasteiger partial charge in [0.1, 0.15) is 0 Å². The van der Waals surface area contributed by atoms with Gasteiger partial charge in [-0.25, -0.2) is 13.2 Å². The summed E-state index contributed by atoms with van der Waals surface area (Å²) in [4.78, 5) is 31.8. The van der Waals surface area contributed by atoms with Crippen LogP contribution in [0.25, 0.3) is 0 Å². The number of alkyl halides is 3. The maximum atomic E-state index is 13.7. The standard InChI is InChI=1S/C30H31ClF3N5O4S/c31-22-7-10-25(11-8-22)44(42,43)36-24-9-12-27(26(20-24)28(40)38-13-2-1-3-14-38)37-15-17-39(18-16-37)29(41)35-23-6-4-5-21(19-23)30(32,33)34/h4-12,19-20,36H,1-3,13-18H2,(H,35,41). The van der Waals surface area contributed by atoms with Crippen molar-refractivity contribution >= 4 is 50.6 Å². The van der Waals surface area contributed by atoms with E-state index in [2.05, 4.69) is 10.0 Å². The van der Waals surface area contributed by atoms with Gasteiger partial charge < -0.3 is 20.0 Å². The molecule has 2 heterocycles. The molecule has 3 amide bonds. The summed E-state index contributed by atoms with van der Waals surface area (Å²) < 4.78 is 67.8. The maximum Gasteiger partial charge on any atom is 0.416 e. The minimum Gasteiger partial charge on any atom is -0.367 e. The van der Waals surface area contributed by atoms with Gasteiger partial charge in [-0.1, -0.05) is 17.7 Å². The van der Waals surface area contributed by atoms with Gasteiger partial charge >= 0.3 is 12.2 Å². The van der Waals surface area contributed by atoms with Crippen LogP contribution in [0.15, 0.2) is 71.6 Å². The van der Waals surface area contributed by atoms with Crippen LogP contribution in [-0.4, -0.2) is 69.4 Å². The zero-order chi connectivity index (χ0) is 31.5. The second-order valence-corrected chi connectivity index (χ2v) is 12.7. The molecule has 2 aliphatic heterocycles. The molecule has 2 aliphatic rings. The molecule has 0 atom stereocenters. The SMILES string of the molecule is O=C(Nc1cccc(C(F)(F)F)c1)N1CCN(c2ccc(NS(=O)(=O)c3ccc(Cl)cc3)cc2C(=O)N2CCCCC2)CC1. The summed E-state index contributed by atoms with van der Waals surface area (Å²) in [6, 6.07) is 14.5. The normalized spacial score (nSPS) is 16.0. The van der Waals surface area contributed by atoms with Crippen LogP contribution in [0.1, 0.15) is 35.2 Å². The van der Waals surface area contributed by atoms with Gasteiger partial charge in [-0.3, -0.25) is 9.52 Å². The van der Waals surface area contributed by atoms with E-state index in [4.69, 9.17) is 11.6 Å². The lowest BCUT2D eigenvalue weighted by Gasteiger charge is -2.37. The van der Waals surface area contributed by atoms with Crippen LogP contribution in [0.5, 0.6) is 0 Å². The lowest BCUT2D eigenvalue weighted by atomic mass is 10.1. The van der Waals surface area contributed by atoms with E-state index in [0.29, 0.717) is 42.5 Å². The van der Waals surface area contributed by atoms with Crippen molar-refractivity contribution in [1.29, 1.82) is 0 Å². The average Bonchev–Trinajstić information content (AvgIpc) is 3.01. The van der Waals surface area contributed by atoms with E-state index in [1.54, 1.807) is 17.0 Å². The third-order valence-corrected chi connectivity index (χ3v) is 9.24. The van der Waals surface area contributed by atoms with Gasteiger partial charge in [0, 0.05) is 61.4 Å². The van der Waals surface area contributed by atoms with Gasteiger partial charge in [0.15, 0.2) is 0 Å². The van der Waals surface area contributed by atoms with Crippen LogP contribution < -0.4 is 14.9 Å². The molecule has 0 saturated carbocycles. The smallest absolute Gasteiger partial charge is 0.367 e. The van der Waals surface area contributed by atoms with Crippen molar-refractivity contribution in [3.63, 3.8) is 0 Å². The van der Waals surface area contributed by atoms with Gasteiger partial charge in [0.2, 0.25) is 0 Å². The fraction of sp³-hybridized carbons (Fsp3) is 0.333. The molecule has 2 fully saturated rings. The number of hydrogen-bond acceptors (Lipinski definition) is 5. The Kier molecular flexibility index (Phi) is 9.26. The number of carbonyl (C=O) groups excluding carboxylic acids is 2. The average molecular weight is 650 g/mol. The number of carbonyl (C=O) groups is 2.